The van der Waals surface area contributed by atoms with Gasteiger partial charge in [0.15, 0.2) is 0 Å². The minimum atomic E-state index is -0.317. The number of benzene rings is 1. The topological polar surface area (TPSA) is 47.6 Å². The Morgan fingerprint density at radius 3 is 2.67 bits per heavy atom. The Morgan fingerprint density at radius 2 is 2.06 bits per heavy atom. The van der Waals surface area contributed by atoms with Crippen LogP contribution in [0.4, 0.5) is 0 Å². The first kappa shape index (κ1) is 14.7. The van der Waals surface area contributed by atoms with Gasteiger partial charge in [0.2, 0.25) is 0 Å². The van der Waals surface area contributed by atoms with E-state index in [2.05, 4.69) is 5.32 Å². The smallest absolute Gasteiger partial charge is 0.323 e. The van der Waals surface area contributed by atoms with Crippen LogP contribution in [0.25, 0.3) is 0 Å². The van der Waals surface area contributed by atoms with Crippen molar-refractivity contribution in [3.05, 3.63) is 35.9 Å². The molecule has 1 aromatic carbocycles. The second-order valence-electron chi connectivity index (χ2n) is 3.94. The molecule has 100 valence electrons. The molecular formula is C14H21NO3. The molecule has 0 fully saturated rings. The van der Waals surface area contributed by atoms with Crippen molar-refractivity contribution >= 4 is 5.97 Å². The molecule has 0 aromatic heterocycles. The van der Waals surface area contributed by atoms with Crippen molar-refractivity contribution in [2.45, 2.75) is 19.4 Å². The van der Waals surface area contributed by atoms with Crippen LogP contribution in [-0.4, -0.2) is 38.9 Å². The summed E-state index contributed by atoms with van der Waals surface area (Å²) in [5, 5.41) is 3.15. The predicted octanol–water partition coefficient (Wildman–Crippen LogP) is 1.40. The number of carbonyl (C=O) groups excluding carboxylic acids is 1. The van der Waals surface area contributed by atoms with Gasteiger partial charge in [-0.3, -0.25) is 4.79 Å². The summed E-state index contributed by atoms with van der Waals surface area (Å²) in [6.45, 7) is 3.42. The number of ether oxygens (including phenoxy) is 2. The number of nitrogens with one attached hydrogen (secondary N) is 1. The van der Waals surface area contributed by atoms with E-state index < -0.39 is 0 Å². The number of rotatable bonds is 8. The average molecular weight is 251 g/mol. The van der Waals surface area contributed by atoms with Gasteiger partial charge in [-0.05, 0) is 18.9 Å². The molecule has 18 heavy (non-hydrogen) atoms. The number of carbonyl (C=O) groups is 1. The zero-order valence-corrected chi connectivity index (χ0v) is 11.0. The fourth-order valence-electron chi connectivity index (χ4n) is 1.67. The summed E-state index contributed by atoms with van der Waals surface area (Å²) in [4.78, 5) is 11.8. The SMILES string of the molecule is CCOC(=O)C(Cc1ccccc1)NCCOC. The Kier molecular flexibility index (Phi) is 7.06. The molecule has 1 N–H and O–H groups in total. The van der Waals surface area contributed by atoms with Crippen LogP contribution in [0.2, 0.25) is 0 Å². The highest BCUT2D eigenvalue weighted by atomic mass is 16.5. The Bertz CT molecular complexity index is 340. The quantitative estimate of drug-likeness (QED) is 0.560. The van der Waals surface area contributed by atoms with E-state index in [0.717, 1.165) is 5.56 Å². The molecule has 4 nitrogen and oxygen atoms in total. The van der Waals surface area contributed by atoms with E-state index in [1.807, 2.05) is 37.3 Å². The molecule has 0 bridgehead atoms. The highest BCUT2D eigenvalue weighted by Crippen LogP contribution is 2.04. The summed E-state index contributed by atoms with van der Waals surface area (Å²) >= 11 is 0. The molecule has 0 saturated carbocycles. The molecule has 0 aliphatic rings. The fraction of sp³-hybridized carbons (Fsp3) is 0.500. The third kappa shape index (κ3) is 5.29. The lowest BCUT2D eigenvalue weighted by Crippen LogP contribution is -2.41. The first-order valence-corrected chi connectivity index (χ1v) is 6.20. The van der Waals surface area contributed by atoms with E-state index in [-0.39, 0.29) is 12.0 Å². The van der Waals surface area contributed by atoms with Gasteiger partial charge in [-0.2, -0.15) is 0 Å². The van der Waals surface area contributed by atoms with Crippen LogP contribution in [0.3, 0.4) is 0 Å². The highest BCUT2D eigenvalue weighted by molar-refractivity contribution is 5.76. The Labute approximate surface area is 108 Å². The van der Waals surface area contributed by atoms with Crippen LogP contribution in [0.1, 0.15) is 12.5 Å². The van der Waals surface area contributed by atoms with E-state index in [0.29, 0.717) is 26.2 Å². The van der Waals surface area contributed by atoms with Crippen molar-refractivity contribution in [1.82, 2.24) is 5.32 Å². The third-order valence-corrected chi connectivity index (χ3v) is 2.55. The van der Waals surface area contributed by atoms with E-state index in [1.54, 1.807) is 7.11 Å². The van der Waals surface area contributed by atoms with Gasteiger partial charge in [-0.25, -0.2) is 0 Å². The third-order valence-electron chi connectivity index (χ3n) is 2.55. The van der Waals surface area contributed by atoms with Crippen LogP contribution in [0, 0.1) is 0 Å². The molecule has 1 unspecified atom stereocenters. The highest BCUT2D eigenvalue weighted by Gasteiger charge is 2.19. The van der Waals surface area contributed by atoms with Gasteiger partial charge in [0.05, 0.1) is 13.2 Å². The van der Waals surface area contributed by atoms with Crippen LogP contribution >= 0.6 is 0 Å². The molecule has 0 spiro atoms. The molecule has 0 aliphatic carbocycles. The van der Waals surface area contributed by atoms with Crippen molar-refractivity contribution in [1.29, 1.82) is 0 Å². The maximum Gasteiger partial charge on any atom is 0.323 e. The van der Waals surface area contributed by atoms with Crippen molar-refractivity contribution in [3.63, 3.8) is 0 Å². The van der Waals surface area contributed by atoms with E-state index >= 15 is 0 Å². The molecule has 4 heteroatoms. The van der Waals surface area contributed by atoms with Crippen LogP contribution in [0.15, 0.2) is 30.3 Å². The van der Waals surface area contributed by atoms with Gasteiger partial charge in [-0.1, -0.05) is 30.3 Å². The van der Waals surface area contributed by atoms with E-state index in [9.17, 15) is 4.79 Å². The number of esters is 1. The maximum absolute atomic E-state index is 11.8. The van der Waals surface area contributed by atoms with Gasteiger partial charge in [-0.15, -0.1) is 0 Å². The Balaban J connectivity index is 2.56. The van der Waals surface area contributed by atoms with Crippen LogP contribution in [0.5, 0.6) is 0 Å². The minimum absolute atomic E-state index is 0.211. The molecule has 0 heterocycles. The largest absolute Gasteiger partial charge is 0.465 e. The van der Waals surface area contributed by atoms with Gasteiger partial charge < -0.3 is 14.8 Å². The van der Waals surface area contributed by atoms with Crippen molar-refractivity contribution in [2.75, 3.05) is 26.9 Å². The summed E-state index contributed by atoms with van der Waals surface area (Å²) in [5.74, 6) is -0.211. The average Bonchev–Trinajstić information content (AvgIpc) is 2.39. The van der Waals surface area contributed by atoms with Crippen molar-refractivity contribution in [3.8, 4) is 0 Å². The summed E-state index contributed by atoms with van der Waals surface area (Å²) in [7, 11) is 1.64. The lowest BCUT2D eigenvalue weighted by Gasteiger charge is -2.17. The van der Waals surface area contributed by atoms with Gasteiger partial charge in [0.1, 0.15) is 6.04 Å². The van der Waals surface area contributed by atoms with E-state index in [4.69, 9.17) is 9.47 Å². The molecule has 0 saturated heterocycles. The fourth-order valence-corrected chi connectivity index (χ4v) is 1.67. The Morgan fingerprint density at radius 1 is 1.33 bits per heavy atom. The number of hydrogen-bond acceptors (Lipinski definition) is 4. The second kappa shape index (κ2) is 8.66. The van der Waals surface area contributed by atoms with Gasteiger partial charge in [0, 0.05) is 13.7 Å². The normalized spacial score (nSPS) is 12.1. The first-order chi connectivity index (χ1) is 8.77. The van der Waals surface area contributed by atoms with Crippen LogP contribution in [-0.2, 0) is 20.7 Å². The monoisotopic (exact) mass is 251 g/mol. The Hall–Kier alpha value is -1.39. The van der Waals surface area contributed by atoms with Crippen molar-refractivity contribution < 1.29 is 14.3 Å². The summed E-state index contributed by atoms with van der Waals surface area (Å²) < 4.78 is 10.0. The standard InChI is InChI=1S/C14H21NO3/c1-3-18-14(16)13(15-9-10-17-2)11-12-7-5-4-6-8-12/h4-8,13,15H,3,9-11H2,1-2H3. The van der Waals surface area contributed by atoms with Crippen molar-refractivity contribution in [2.24, 2.45) is 0 Å². The zero-order valence-electron chi connectivity index (χ0n) is 11.0. The molecule has 1 rings (SSSR count). The maximum atomic E-state index is 11.8. The minimum Gasteiger partial charge on any atom is -0.465 e. The number of methoxy groups -OCH3 is 1. The van der Waals surface area contributed by atoms with E-state index in [1.165, 1.54) is 0 Å². The van der Waals surface area contributed by atoms with Gasteiger partial charge >= 0.3 is 5.97 Å². The summed E-state index contributed by atoms with van der Waals surface area (Å²) in [6.07, 6.45) is 0.628. The molecular weight excluding hydrogens is 230 g/mol. The lowest BCUT2D eigenvalue weighted by atomic mass is 10.1. The lowest BCUT2D eigenvalue weighted by molar-refractivity contribution is -0.145. The van der Waals surface area contributed by atoms with Crippen LogP contribution < -0.4 is 5.32 Å². The van der Waals surface area contributed by atoms with Gasteiger partial charge in [0.25, 0.3) is 0 Å². The summed E-state index contributed by atoms with van der Waals surface area (Å²) in [6, 6.07) is 9.58. The predicted molar refractivity (Wildman–Crippen MR) is 70.4 cm³/mol. The molecule has 1 aromatic rings. The summed E-state index contributed by atoms with van der Waals surface area (Å²) in [5.41, 5.74) is 1.11. The first-order valence-electron chi connectivity index (χ1n) is 6.20. The second-order valence-corrected chi connectivity index (χ2v) is 3.94. The number of hydrogen-bond donors (Lipinski definition) is 1. The molecule has 0 aliphatic heterocycles. The molecule has 1 atom stereocenters. The molecule has 0 amide bonds. The molecule has 0 radical (unpaired) electrons. The zero-order chi connectivity index (χ0) is 13.2.